The summed E-state index contributed by atoms with van der Waals surface area (Å²) < 4.78 is 2.03. The minimum absolute atomic E-state index is 0.793. The van der Waals surface area contributed by atoms with E-state index in [1.165, 1.54) is 6.42 Å². The first-order valence-corrected chi connectivity index (χ1v) is 5.13. The average molecular weight is 185 g/mol. The molecule has 12 heavy (non-hydrogen) atoms. The van der Waals surface area contributed by atoms with Crippen LogP contribution >= 0.6 is 11.8 Å². The number of unbranched alkanes of at least 4 members (excludes halogenated alkanes) is 1. The molecule has 0 unspecified atom stereocenters. The highest BCUT2D eigenvalue weighted by Crippen LogP contribution is 2.15. The summed E-state index contributed by atoms with van der Waals surface area (Å²) in [7, 11) is 2.01. The van der Waals surface area contributed by atoms with Gasteiger partial charge >= 0.3 is 0 Å². The lowest BCUT2D eigenvalue weighted by atomic mass is 10.3. The van der Waals surface area contributed by atoms with Gasteiger partial charge in [-0.25, -0.2) is 4.98 Å². The first-order chi connectivity index (χ1) is 5.84. The van der Waals surface area contributed by atoms with Crippen LogP contribution in [0.3, 0.4) is 0 Å². The molecule has 0 atom stereocenters. The zero-order valence-electron chi connectivity index (χ0n) is 7.36. The molecule has 0 fully saturated rings. The SMILES string of the molecule is Cn1ccnc1SCCCCN. The fraction of sp³-hybridized carbons (Fsp3) is 0.625. The summed E-state index contributed by atoms with van der Waals surface area (Å²) in [5.74, 6) is 1.11. The second-order valence-corrected chi connectivity index (χ2v) is 3.73. The molecule has 3 nitrogen and oxygen atoms in total. The molecule has 0 aliphatic rings. The number of nitrogens with zero attached hydrogens (tertiary/aromatic N) is 2. The van der Waals surface area contributed by atoms with Gasteiger partial charge in [0.2, 0.25) is 0 Å². The van der Waals surface area contributed by atoms with Crippen LogP contribution < -0.4 is 5.73 Å². The standard InChI is InChI=1S/C8H15N3S/c1-11-6-5-10-8(11)12-7-3-2-4-9/h5-6H,2-4,7,9H2,1H3. The van der Waals surface area contributed by atoms with E-state index in [9.17, 15) is 0 Å². The van der Waals surface area contributed by atoms with Crippen LogP contribution in [0.15, 0.2) is 17.6 Å². The number of thioether (sulfide) groups is 1. The highest BCUT2D eigenvalue weighted by Gasteiger charge is 1.97. The van der Waals surface area contributed by atoms with Crippen LogP contribution in [-0.4, -0.2) is 21.8 Å². The molecule has 0 aliphatic carbocycles. The van der Waals surface area contributed by atoms with E-state index in [0.29, 0.717) is 0 Å². The monoisotopic (exact) mass is 185 g/mol. The minimum atomic E-state index is 0.793. The molecule has 1 aromatic heterocycles. The van der Waals surface area contributed by atoms with Crippen molar-refractivity contribution in [3.8, 4) is 0 Å². The topological polar surface area (TPSA) is 43.8 Å². The van der Waals surface area contributed by atoms with Gasteiger partial charge in [-0.05, 0) is 19.4 Å². The third-order valence-corrected chi connectivity index (χ3v) is 2.75. The van der Waals surface area contributed by atoms with Crippen LogP contribution in [0.5, 0.6) is 0 Å². The Morgan fingerprint density at radius 2 is 2.42 bits per heavy atom. The molecule has 0 aromatic carbocycles. The maximum Gasteiger partial charge on any atom is 0.167 e. The minimum Gasteiger partial charge on any atom is -0.330 e. The normalized spacial score (nSPS) is 10.5. The van der Waals surface area contributed by atoms with Crippen molar-refractivity contribution in [1.29, 1.82) is 0 Å². The Kier molecular flexibility index (Phi) is 4.18. The molecular formula is C8H15N3S. The first-order valence-electron chi connectivity index (χ1n) is 4.15. The van der Waals surface area contributed by atoms with Gasteiger partial charge in [0.05, 0.1) is 0 Å². The number of aromatic nitrogens is 2. The van der Waals surface area contributed by atoms with Crippen molar-refractivity contribution in [2.45, 2.75) is 18.0 Å². The van der Waals surface area contributed by atoms with E-state index >= 15 is 0 Å². The van der Waals surface area contributed by atoms with Crippen LogP contribution in [0.4, 0.5) is 0 Å². The van der Waals surface area contributed by atoms with Gasteiger partial charge in [0.25, 0.3) is 0 Å². The van der Waals surface area contributed by atoms with Crippen LogP contribution in [-0.2, 0) is 7.05 Å². The van der Waals surface area contributed by atoms with E-state index in [1.807, 2.05) is 24.0 Å². The maximum atomic E-state index is 5.39. The van der Waals surface area contributed by atoms with Crippen molar-refractivity contribution in [2.24, 2.45) is 12.8 Å². The highest BCUT2D eigenvalue weighted by molar-refractivity contribution is 7.99. The molecule has 1 rings (SSSR count). The van der Waals surface area contributed by atoms with Crippen molar-refractivity contribution in [1.82, 2.24) is 9.55 Å². The zero-order chi connectivity index (χ0) is 8.81. The molecule has 0 radical (unpaired) electrons. The molecule has 68 valence electrons. The Morgan fingerprint density at radius 1 is 1.58 bits per heavy atom. The van der Waals surface area contributed by atoms with E-state index in [2.05, 4.69) is 4.98 Å². The van der Waals surface area contributed by atoms with Crippen LogP contribution in [0, 0.1) is 0 Å². The third-order valence-electron chi connectivity index (χ3n) is 1.61. The van der Waals surface area contributed by atoms with Crippen LogP contribution in [0.1, 0.15) is 12.8 Å². The van der Waals surface area contributed by atoms with Crippen molar-refractivity contribution in [2.75, 3.05) is 12.3 Å². The molecule has 0 amide bonds. The predicted molar refractivity (Wildman–Crippen MR) is 52.2 cm³/mol. The van der Waals surface area contributed by atoms with Gasteiger partial charge in [-0.3, -0.25) is 0 Å². The quantitative estimate of drug-likeness (QED) is 0.554. The van der Waals surface area contributed by atoms with Gasteiger partial charge in [-0.15, -0.1) is 0 Å². The fourth-order valence-electron chi connectivity index (χ4n) is 0.901. The largest absolute Gasteiger partial charge is 0.330 e. The van der Waals surface area contributed by atoms with E-state index in [-0.39, 0.29) is 0 Å². The van der Waals surface area contributed by atoms with E-state index in [4.69, 9.17) is 5.73 Å². The molecule has 0 bridgehead atoms. The lowest BCUT2D eigenvalue weighted by Crippen LogP contribution is -1.99. The van der Waals surface area contributed by atoms with Gasteiger partial charge in [-0.1, -0.05) is 11.8 Å². The summed E-state index contributed by atoms with van der Waals surface area (Å²) >= 11 is 1.79. The number of aryl methyl sites for hydroxylation is 1. The van der Waals surface area contributed by atoms with Crippen LogP contribution in [0.2, 0.25) is 0 Å². The fourth-order valence-corrected chi connectivity index (χ4v) is 1.83. The molecular weight excluding hydrogens is 170 g/mol. The molecule has 0 saturated carbocycles. The number of hydrogen-bond acceptors (Lipinski definition) is 3. The molecule has 0 aliphatic heterocycles. The van der Waals surface area contributed by atoms with E-state index < -0.39 is 0 Å². The molecule has 0 spiro atoms. The van der Waals surface area contributed by atoms with E-state index in [1.54, 1.807) is 11.8 Å². The van der Waals surface area contributed by atoms with Crippen molar-refractivity contribution < 1.29 is 0 Å². The average Bonchev–Trinajstić information content (AvgIpc) is 2.46. The zero-order valence-corrected chi connectivity index (χ0v) is 8.18. The Balaban J connectivity index is 2.20. The van der Waals surface area contributed by atoms with Crippen molar-refractivity contribution >= 4 is 11.8 Å². The second-order valence-electron chi connectivity index (χ2n) is 2.66. The van der Waals surface area contributed by atoms with Crippen molar-refractivity contribution in [3.63, 3.8) is 0 Å². The molecule has 0 saturated heterocycles. The first kappa shape index (κ1) is 9.61. The van der Waals surface area contributed by atoms with Gasteiger partial charge in [0.1, 0.15) is 0 Å². The molecule has 4 heteroatoms. The van der Waals surface area contributed by atoms with Gasteiger partial charge in [0, 0.05) is 25.2 Å². The Morgan fingerprint density at radius 3 is 3.00 bits per heavy atom. The number of hydrogen-bond donors (Lipinski definition) is 1. The number of imidazole rings is 1. The lowest BCUT2D eigenvalue weighted by Gasteiger charge is -1.99. The molecule has 1 aromatic rings. The van der Waals surface area contributed by atoms with E-state index in [0.717, 1.165) is 23.9 Å². The Labute approximate surface area is 77.4 Å². The summed E-state index contributed by atoms with van der Waals surface area (Å²) in [4.78, 5) is 4.21. The van der Waals surface area contributed by atoms with Gasteiger partial charge in [-0.2, -0.15) is 0 Å². The molecule has 2 N–H and O–H groups in total. The maximum absolute atomic E-state index is 5.39. The summed E-state index contributed by atoms with van der Waals surface area (Å²) in [6.45, 7) is 0.793. The molecule has 1 heterocycles. The number of rotatable bonds is 5. The Hall–Kier alpha value is -0.480. The summed E-state index contributed by atoms with van der Waals surface area (Å²) in [6, 6.07) is 0. The lowest BCUT2D eigenvalue weighted by molar-refractivity contribution is 0.780. The third kappa shape index (κ3) is 2.87. The smallest absolute Gasteiger partial charge is 0.167 e. The Bertz CT molecular complexity index is 222. The summed E-state index contributed by atoms with van der Waals surface area (Å²) in [5.41, 5.74) is 5.39. The van der Waals surface area contributed by atoms with Crippen LogP contribution in [0.25, 0.3) is 0 Å². The van der Waals surface area contributed by atoms with Gasteiger partial charge in [0.15, 0.2) is 5.16 Å². The number of nitrogens with two attached hydrogens (primary N) is 1. The summed E-state index contributed by atoms with van der Waals surface area (Å²) in [6.07, 6.45) is 6.07. The predicted octanol–water partition coefficient (Wildman–Crippen LogP) is 1.25. The highest BCUT2D eigenvalue weighted by atomic mass is 32.2. The van der Waals surface area contributed by atoms with Gasteiger partial charge < -0.3 is 10.3 Å². The van der Waals surface area contributed by atoms with Crippen molar-refractivity contribution in [3.05, 3.63) is 12.4 Å². The summed E-state index contributed by atoms with van der Waals surface area (Å²) in [5, 5.41) is 1.09. The second kappa shape index (κ2) is 5.22.